The summed E-state index contributed by atoms with van der Waals surface area (Å²) in [6.07, 6.45) is 8.53. The lowest BCUT2D eigenvalue weighted by Gasteiger charge is -2.27. The summed E-state index contributed by atoms with van der Waals surface area (Å²) >= 11 is 0. The van der Waals surface area contributed by atoms with Crippen LogP contribution in [-0.4, -0.2) is 32.6 Å². The van der Waals surface area contributed by atoms with Gasteiger partial charge in [0, 0.05) is 11.7 Å². The summed E-state index contributed by atoms with van der Waals surface area (Å²) in [6, 6.07) is 7.13. The minimum absolute atomic E-state index is 0.0313. The normalized spacial score (nSPS) is 15.4. The molecule has 1 atom stereocenters. The van der Waals surface area contributed by atoms with Gasteiger partial charge in [0.25, 0.3) is 11.8 Å². The molecule has 0 radical (unpaired) electrons. The van der Waals surface area contributed by atoms with Crippen molar-refractivity contribution >= 4 is 17.5 Å². The van der Waals surface area contributed by atoms with Crippen LogP contribution in [0.4, 0.5) is 10.1 Å². The van der Waals surface area contributed by atoms with Crippen LogP contribution in [0.25, 0.3) is 5.69 Å². The highest BCUT2D eigenvalue weighted by molar-refractivity contribution is 6.03. The molecule has 162 valence electrons. The fraction of sp³-hybridized carbons (Fsp3) is 0.364. The van der Waals surface area contributed by atoms with Gasteiger partial charge in [0.15, 0.2) is 17.3 Å². The molecule has 1 aliphatic rings. The second-order valence-corrected chi connectivity index (χ2v) is 7.78. The fourth-order valence-corrected chi connectivity index (χ4v) is 3.91. The Kier molecular flexibility index (Phi) is 6.11. The minimum atomic E-state index is -0.577. The molecule has 0 spiro atoms. The topological polar surface area (TPSA) is 102 Å². The number of aromatic nitrogens is 3. The number of carbonyl (C=O) groups is 2. The summed E-state index contributed by atoms with van der Waals surface area (Å²) in [5, 5.41) is 9.41. The first-order valence-electron chi connectivity index (χ1n) is 10.4. The zero-order valence-corrected chi connectivity index (χ0v) is 17.2. The Hall–Kier alpha value is -3.49. The number of rotatable bonds is 6. The second-order valence-electron chi connectivity index (χ2n) is 7.78. The molecule has 0 unspecified atom stereocenters. The minimum Gasteiger partial charge on any atom is -0.446 e. The predicted octanol–water partition coefficient (Wildman–Crippen LogP) is 3.95. The number of furan rings is 1. The monoisotopic (exact) mass is 425 g/mol. The lowest BCUT2D eigenvalue weighted by atomic mass is 9.84. The first-order chi connectivity index (χ1) is 15.0. The van der Waals surface area contributed by atoms with Crippen LogP contribution < -0.4 is 10.6 Å². The maximum Gasteiger partial charge on any atom is 0.291 e. The van der Waals surface area contributed by atoms with Crippen molar-refractivity contribution in [3.63, 3.8) is 0 Å². The number of nitrogens with one attached hydrogen (secondary N) is 2. The maximum atomic E-state index is 14.3. The van der Waals surface area contributed by atoms with E-state index in [2.05, 4.69) is 20.7 Å². The number of halogens is 1. The van der Waals surface area contributed by atoms with Gasteiger partial charge < -0.3 is 15.1 Å². The number of anilines is 1. The van der Waals surface area contributed by atoms with Gasteiger partial charge in [-0.1, -0.05) is 19.3 Å². The Bertz CT molecular complexity index is 1060. The van der Waals surface area contributed by atoms with E-state index in [-0.39, 0.29) is 34.8 Å². The van der Waals surface area contributed by atoms with Gasteiger partial charge >= 0.3 is 0 Å². The van der Waals surface area contributed by atoms with E-state index < -0.39 is 11.7 Å². The van der Waals surface area contributed by atoms with Crippen molar-refractivity contribution < 1.29 is 18.4 Å². The SMILES string of the molecule is C[C@H](NC(=O)c1ccc(C(=O)Nc2ccc(-n3cncn3)c(F)c2)o1)C1CCCCC1. The van der Waals surface area contributed by atoms with Gasteiger partial charge in [0.1, 0.15) is 18.3 Å². The molecule has 1 fully saturated rings. The van der Waals surface area contributed by atoms with E-state index in [9.17, 15) is 14.0 Å². The molecule has 0 bridgehead atoms. The fourth-order valence-electron chi connectivity index (χ4n) is 3.91. The Morgan fingerprint density at radius 2 is 1.87 bits per heavy atom. The predicted molar refractivity (Wildman–Crippen MR) is 111 cm³/mol. The van der Waals surface area contributed by atoms with Gasteiger partial charge in [0.05, 0.1) is 0 Å². The average Bonchev–Trinajstić information content (AvgIpc) is 3.47. The molecule has 3 aromatic rings. The van der Waals surface area contributed by atoms with E-state index >= 15 is 0 Å². The van der Waals surface area contributed by atoms with Crippen LogP contribution in [-0.2, 0) is 0 Å². The van der Waals surface area contributed by atoms with Crippen LogP contribution in [0.3, 0.4) is 0 Å². The van der Waals surface area contributed by atoms with Gasteiger partial charge in [-0.2, -0.15) is 5.10 Å². The van der Waals surface area contributed by atoms with Gasteiger partial charge in [-0.25, -0.2) is 14.1 Å². The molecule has 2 aromatic heterocycles. The molecule has 2 N–H and O–H groups in total. The molecule has 31 heavy (non-hydrogen) atoms. The average molecular weight is 425 g/mol. The molecule has 1 saturated carbocycles. The number of nitrogens with zero attached hydrogens (tertiary/aromatic N) is 3. The van der Waals surface area contributed by atoms with Crippen LogP contribution in [0.5, 0.6) is 0 Å². The molecular formula is C22H24FN5O3. The second kappa shape index (κ2) is 9.11. The van der Waals surface area contributed by atoms with Crippen LogP contribution in [0.1, 0.15) is 60.1 Å². The summed E-state index contributed by atoms with van der Waals surface area (Å²) in [5.41, 5.74) is 0.458. The molecule has 0 aliphatic heterocycles. The first-order valence-corrected chi connectivity index (χ1v) is 10.4. The van der Waals surface area contributed by atoms with Crippen LogP contribution >= 0.6 is 0 Å². The number of carbonyl (C=O) groups excluding carboxylic acids is 2. The van der Waals surface area contributed by atoms with E-state index in [0.29, 0.717) is 5.92 Å². The zero-order chi connectivity index (χ0) is 21.8. The standard InChI is InChI=1S/C22H24FN5O3/c1-14(15-5-3-2-4-6-15)26-21(29)19-9-10-20(31-19)22(30)27-16-7-8-18(17(23)11-16)28-13-24-12-25-28/h7-15H,2-6H2,1H3,(H,26,29)(H,27,30)/t14-/m0/s1. The smallest absolute Gasteiger partial charge is 0.291 e. The molecule has 4 rings (SSSR count). The largest absolute Gasteiger partial charge is 0.446 e. The van der Waals surface area contributed by atoms with Gasteiger partial charge in [-0.15, -0.1) is 0 Å². The Balaban J connectivity index is 1.38. The molecule has 1 aromatic carbocycles. The highest BCUT2D eigenvalue weighted by atomic mass is 19.1. The molecule has 8 nitrogen and oxygen atoms in total. The third kappa shape index (κ3) is 4.82. The zero-order valence-electron chi connectivity index (χ0n) is 17.2. The highest BCUT2D eigenvalue weighted by Crippen LogP contribution is 2.26. The van der Waals surface area contributed by atoms with E-state index in [1.807, 2.05) is 6.92 Å². The summed E-state index contributed by atoms with van der Waals surface area (Å²) in [7, 11) is 0. The number of amides is 2. The van der Waals surface area contributed by atoms with Crippen molar-refractivity contribution in [2.75, 3.05) is 5.32 Å². The quantitative estimate of drug-likeness (QED) is 0.623. The third-order valence-corrected chi connectivity index (χ3v) is 5.64. The number of hydrogen-bond acceptors (Lipinski definition) is 5. The van der Waals surface area contributed by atoms with Crippen LogP contribution in [0.15, 0.2) is 47.4 Å². The lowest BCUT2D eigenvalue weighted by Crippen LogP contribution is -2.38. The summed E-state index contributed by atoms with van der Waals surface area (Å²) in [4.78, 5) is 28.7. The van der Waals surface area contributed by atoms with Gasteiger partial charge in [-0.05, 0) is 56.0 Å². The molecule has 9 heteroatoms. The van der Waals surface area contributed by atoms with Crippen LogP contribution in [0.2, 0.25) is 0 Å². The highest BCUT2D eigenvalue weighted by Gasteiger charge is 2.23. The molecule has 2 amide bonds. The summed E-state index contributed by atoms with van der Waals surface area (Å²) < 4.78 is 21.1. The van der Waals surface area contributed by atoms with Crippen molar-refractivity contribution in [2.24, 2.45) is 5.92 Å². The van der Waals surface area contributed by atoms with Crippen molar-refractivity contribution in [3.05, 3.63) is 60.3 Å². The van der Waals surface area contributed by atoms with E-state index in [1.165, 1.54) is 60.9 Å². The summed E-state index contributed by atoms with van der Waals surface area (Å²) in [6.45, 7) is 2.00. The maximum absolute atomic E-state index is 14.3. The molecule has 2 heterocycles. The number of benzene rings is 1. The van der Waals surface area contributed by atoms with E-state index in [4.69, 9.17) is 4.42 Å². The molecular weight excluding hydrogens is 401 g/mol. The molecule has 1 aliphatic carbocycles. The Labute approximate surface area is 178 Å². The lowest BCUT2D eigenvalue weighted by molar-refractivity contribution is 0.0886. The van der Waals surface area contributed by atoms with Crippen molar-refractivity contribution in [2.45, 2.75) is 45.1 Å². The van der Waals surface area contributed by atoms with Gasteiger partial charge in [-0.3, -0.25) is 9.59 Å². The third-order valence-electron chi connectivity index (χ3n) is 5.64. The first kappa shape index (κ1) is 20.8. The summed E-state index contributed by atoms with van der Waals surface area (Å²) in [5.74, 6) is -0.991. The van der Waals surface area contributed by atoms with E-state index in [1.54, 1.807) is 6.07 Å². The van der Waals surface area contributed by atoms with Gasteiger partial charge in [0.2, 0.25) is 0 Å². The van der Waals surface area contributed by atoms with E-state index in [0.717, 1.165) is 12.8 Å². The van der Waals surface area contributed by atoms with Crippen molar-refractivity contribution in [1.82, 2.24) is 20.1 Å². The molecule has 0 saturated heterocycles. The Morgan fingerprint density at radius 3 is 2.55 bits per heavy atom. The Morgan fingerprint density at radius 1 is 1.13 bits per heavy atom. The number of hydrogen-bond donors (Lipinski definition) is 2. The van der Waals surface area contributed by atoms with Crippen molar-refractivity contribution in [1.29, 1.82) is 0 Å². The van der Waals surface area contributed by atoms with Crippen molar-refractivity contribution in [3.8, 4) is 5.69 Å². The van der Waals surface area contributed by atoms with Crippen LogP contribution in [0, 0.1) is 11.7 Å².